The van der Waals surface area contributed by atoms with E-state index in [0.29, 0.717) is 30.4 Å². The van der Waals surface area contributed by atoms with Crippen LogP contribution in [0.2, 0.25) is 0 Å². The van der Waals surface area contributed by atoms with Crippen LogP contribution < -0.4 is 0 Å². The van der Waals surface area contributed by atoms with Gasteiger partial charge in [-0.05, 0) is 13.8 Å². The van der Waals surface area contributed by atoms with Gasteiger partial charge in [0.05, 0.1) is 5.69 Å². The Kier molecular flexibility index (Phi) is 3.99. The summed E-state index contributed by atoms with van der Waals surface area (Å²) in [7, 11) is 0. The quantitative estimate of drug-likeness (QED) is 0.909. The van der Waals surface area contributed by atoms with Crippen molar-refractivity contribution < 1.29 is 19.4 Å². The molecule has 0 spiro atoms. The van der Waals surface area contributed by atoms with E-state index in [9.17, 15) is 4.79 Å². The van der Waals surface area contributed by atoms with E-state index in [0.717, 1.165) is 17.8 Å². The summed E-state index contributed by atoms with van der Waals surface area (Å²) in [4.78, 5) is 15.8. The van der Waals surface area contributed by atoms with Crippen LogP contribution in [0.1, 0.15) is 40.1 Å². The molecule has 0 atom stereocenters. The molecule has 5 nitrogen and oxygen atoms in total. The average Bonchev–Trinajstić information content (AvgIpc) is 2.74. The highest BCUT2D eigenvalue weighted by molar-refractivity contribution is 7.13. The van der Waals surface area contributed by atoms with Crippen LogP contribution in [0, 0.1) is 6.92 Å². The van der Waals surface area contributed by atoms with Gasteiger partial charge in [0.2, 0.25) is 0 Å². The van der Waals surface area contributed by atoms with Gasteiger partial charge in [0.25, 0.3) is 0 Å². The first-order valence-electron chi connectivity index (χ1n) is 6.02. The molecule has 1 aliphatic heterocycles. The van der Waals surface area contributed by atoms with E-state index in [2.05, 4.69) is 4.98 Å². The van der Waals surface area contributed by atoms with E-state index in [4.69, 9.17) is 14.6 Å². The highest BCUT2D eigenvalue weighted by Gasteiger charge is 2.39. The molecule has 0 saturated carbocycles. The van der Waals surface area contributed by atoms with Crippen molar-refractivity contribution in [2.24, 2.45) is 0 Å². The van der Waals surface area contributed by atoms with Gasteiger partial charge in [0.1, 0.15) is 15.5 Å². The third-order valence-corrected chi connectivity index (χ3v) is 4.43. The van der Waals surface area contributed by atoms with Crippen molar-refractivity contribution in [3.05, 3.63) is 15.6 Å². The Labute approximate surface area is 110 Å². The zero-order chi connectivity index (χ0) is 13.2. The number of carboxylic acids is 1. The zero-order valence-electron chi connectivity index (χ0n) is 10.6. The molecule has 1 saturated heterocycles. The molecular weight excluding hydrogens is 254 g/mol. The molecule has 2 heterocycles. The summed E-state index contributed by atoms with van der Waals surface area (Å²) in [6, 6.07) is 0. The van der Waals surface area contributed by atoms with Gasteiger partial charge >= 0.3 is 5.97 Å². The predicted octanol–water partition coefficient (Wildman–Crippen LogP) is 2.19. The lowest BCUT2D eigenvalue weighted by molar-refractivity contribution is -0.112. The van der Waals surface area contributed by atoms with Crippen LogP contribution in [0.3, 0.4) is 0 Å². The smallest absolute Gasteiger partial charge is 0.347 e. The van der Waals surface area contributed by atoms with Gasteiger partial charge in [-0.1, -0.05) is 0 Å². The average molecular weight is 271 g/mol. The van der Waals surface area contributed by atoms with Crippen molar-refractivity contribution in [1.29, 1.82) is 0 Å². The first kappa shape index (κ1) is 13.5. The minimum absolute atomic E-state index is 0.301. The number of aromatic nitrogens is 1. The number of aromatic carboxylic acids is 1. The van der Waals surface area contributed by atoms with Gasteiger partial charge < -0.3 is 14.6 Å². The molecule has 0 aromatic carbocycles. The first-order valence-corrected chi connectivity index (χ1v) is 6.83. The van der Waals surface area contributed by atoms with Crippen molar-refractivity contribution in [2.45, 2.75) is 32.3 Å². The second kappa shape index (κ2) is 5.34. The molecule has 0 unspecified atom stereocenters. The fraction of sp³-hybridized carbons (Fsp3) is 0.667. The van der Waals surface area contributed by atoms with Gasteiger partial charge in [0.15, 0.2) is 0 Å². The Bertz CT molecular complexity index is 432. The Morgan fingerprint density at radius 3 is 2.72 bits per heavy atom. The molecule has 1 aliphatic rings. The van der Waals surface area contributed by atoms with Crippen LogP contribution in [-0.2, 0) is 15.1 Å². The number of carbonyl (C=O) groups is 1. The highest BCUT2D eigenvalue weighted by Crippen LogP contribution is 2.39. The molecule has 2 rings (SSSR count). The van der Waals surface area contributed by atoms with Crippen LogP contribution in [0.4, 0.5) is 0 Å². The largest absolute Gasteiger partial charge is 0.477 e. The van der Waals surface area contributed by atoms with E-state index in [1.807, 2.05) is 6.92 Å². The van der Waals surface area contributed by atoms with Crippen LogP contribution in [0.15, 0.2) is 0 Å². The standard InChI is InChI=1S/C12H17NO4S/c1-3-17-12(4-6-16-7-5-12)11-13-8(2)9(18-11)10(14)15/h3-7H2,1-2H3,(H,14,15). The molecule has 100 valence electrons. The molecule has 0 amide bonds. The monoisotopic (exact) mass is 271 g/mol. The number of carboxylic acid groups (broad SMARTS) is 1. The molecule has 18 heavy (non-hydrogen) atoms. The van der Waals surface area contributed by atoms with Crippen molar-refractivity contribution in [1.82, 2.24) is 4.98 Å². The van der Waals surface area contributed by atoms with Crippen LogP contribution >= 0.6 is 11.3 Å². The Morgan fingerprint density at radius 1 is 1.56 bits per heavy atom. The van der Waals surface area contributed by atoms with E-state index >= 15 is 0 Å². The maximum atomic E-state index is 11.1. The molecule has 1 fully saturated rings. The topological polar surface area (TPSA) is 68.7 Å². The van der Waals surface area contributed by atoms with Crippen LogP contribution in [-0.4, -0.2) is 35.9 Å². The number of rotatable bonds is 4. The summed E-state index contributed by atoms with van der Waals surface area (Å²) in [6.07, 6.45) is 1.46. The van der Waals surface area contributed by atoms with Crippen molar-refractivity contribution >= 4 is 17.3 Å². The molecular formula is C12H17NO4S. The molecule has 6 heteroatoms. The maximum absolute atomic E-state index is 11.1. The Balaban J connectivity index is 2.36. The fourth-order valence-corrected chi connectivity index (χ4v) is 3.29. The van der Waals surface area contributed by atoms with Crippen molar-refractivity contribution in [3.63, 3.8) is 0 Å². The predicted molar refractivity (Wildman–Crippen MR) is 67.2 cm³/mol. The normalized spacial score (nSPS) is 18.8. The molecule has 1 N–H and O–H groups in total. The van der Waals surface area contributed by atoms with E-state index in [1.165, 1.54) is 11.3 Å². The highest BCUT2D eigenvalue weighted by atomic mass is 32.1. The minimum atomic E-state index is -0.921. The number of thiazole rings is 1. The molecule has 0 bridgehead atoms. The zero-order valence-corrected chi connectivity index (χ0v) is 11.4. The number of hydrogen-bond donors (Lipinski definition) is 1. The number of hydrogen-bond acceptors (Lipinski definition) is 5. The van der Waals surface area contributed by atoms with E-state index in [-0.39, 0.29) is 0 Å². The fourth-order valence-electron chi connectivity index (χ4n) is 2.19. The molecule has 0 radical (unpaired) electrons. The Hall–Kier alpha value is -0.980. The van der Waals surface area contributed by atoms with Crippen molar-refractivity contribution in [2.75, 3.05) is 19.8 Å². The van der Waals surface area contributed by atoms with Gasteiger partial charge in [-0.15, -0.1) is 11.3 Å². The lowest BCUT2D eigenvalue weighted by Gasteiger charge is -2.35. The maximum Gasteiger partial charge on any atom is 0.347 e. The Morgan fingerprint density at radius 2 is 2.22 bits per heavy atom. The van der Waals surface area contributed by atoms with E-state index < -0.39 is 11.6 Å². The number of nitrogens with zero attached hydrogens (tertiary/aromatic N) is 1. The van der Waals surface area contributed by atoms with Gasteiger partial charge in [-0.2, -0.15) is 0 Å². The van der Waals surface area contributed by atoms with Gasteiger partial charge in [0, 0.05) is 32.7 Å². The summed E-state index contributed by atoms with van der Waals surface area (Å²) in [6.45, 7) is 5.50. The van der Waals surface area contributed by atoms with Crippen LogP contribution in [0.5, 0.6) is 0 Å². The lowest BCUT2D eigenvalue weighted by atomic mass is 9.95. The second-order valence-electron chi connectivity index (χ2n) is 4.28. The van der Waals surface area contributed by atoms with Crippen molar-refractivity contribution in [3.8, 4) is 0 Å². The summed E-state index contributed by atoms with van der Waals surface area (Å²) in [5, 5.41) is 9.86. The third kappa shape index (κ3) is 2.41. The third-order valence-electron chi connectivity index (χ3n) is 3.10. The molecule has 1 aromatic rings. The number of ether oxygens (including phenoxy) is 2. The van der Waals surface area contributed by atoms with Gasteiger partial charge in [-0.25, -0.2) is 9.78 Å². The summed E-state index contributed by atoms with van der Waals surface area (Å²) < 4.78 is 11.2. The summed E-state index contributed by atoms with van der Waals surface area (Å²) in [5.41, 5.74) is 0.101. The summed E-state index contributed by atoms with van der Waals surface area (Å²) >= 11 is 1.22. The second-order valence-corrected chi connectivity index (χ2v) is 5.28. The molecule has 1 aromatic heterocycles. The SMILES string of the molecule is CCOC1(c2nc(C)c(C(=O)O)s2)CCOCC1. The summed E-state index contributed by atoms with van der Waals surface area (Å²) in [5.74, 6) is -0.921. The number of aryl methyl sites for hydroxylation is 1. The minimum Gasteiger partial charge on any atom is -0.477 e. The molecule has 0 aliphatic carbocycles. The van der Waals surface area contributed by atoms with Crippen LogP contribution in [0.25, 0.3) is 0 Å². The lowest BCUT2D eigenvalue weighted by Crippen LogP contribution is -2.36. The van der Waals surface area contributed by atoms with Gasteiger partial charge in [-0.3, -0.25) is 0 Å². The van der Waals surface area contributed by atoms with E-state index in [1.54, 1.807) is 6.92 Å². The first-order chi connectivity index (χ1) is 8.59.